The summed E-state index contributed by atoms with van der Waals surface area (Å²) < 4.78 is 31.8. The van der Waals surface area contributed by atoms with Gasteiger partial charge in [-0.15, -0.1) is 12.4 Å². The second-order valence-electron chi connectivity index (χ2n) is 7.09. The number of aliphatic hydroxyl groups excluding tert-OH is 1. The molecular weight excluding hydrogens is 442 g/mol. The van der Waals surface area contributed by atoms with Gasteiger partial charge >= 0.3 is 0 Å². The number of halogens is 1. The van der Waals surface area contributed by atoms with Crippen LogP contribution in [0.25, 0.3) is 10.9 Å². The van der Waals surface area contributed by atoms with Crippen molar-refractivity contribution in [3.63, 3.8) is 0 Å². The van der Waals surface area contributed by atoms with Crippen LogP contribution in [0.4, 0.5) is 0 Å². The van der Waals surface area contributed by atoms with Crippen LogP contribution < -0.4 is 14.8 Å². The summed E-state index contributed by atoms with van der Waals surface area (Å²) in [6.45, 7) is 5.23. The van der Waals surface area contributed by atoms with E-state index in [1.807, 2.05) is 25.1 Å². The van der Waals surface area contributed by atoms with E-state index in [0.717, 1.165) is 17.0 Å². The molecule has 0 amide bonds. The fourth-order valence-electron chi connectivity index (χ4n) is 3.20. The largest absolute Gasteiger partial charge is 0.507 e. The molecule has 0 aliphatic carbocycles. The maximum atomic E-state index is 11.9. The zero-order valence-corrected chi connectivity index (χ0v) is 19.2. The molecule has 0 aliphatic rings. The number of phenols is 1. The maximum Gasteiger partial charge on any atom is 0.243 e. The Morgan fingerprint density at radius 1 is 1.16 bits per heavy atom. The van der Waals surface area contributed by atoms with Gasteiger partial charge in [0.05, 0.1) is 6.10 Å². The number of fused-ring (bicyclic) bond motifs is 1. The number of H-pyrrole nitrogens is 1. The van der Waals surface area contributed by atoms with E-state index >= 15 is 0 Å². The topological polar surface area (TPSA) is 124 Å². The summed E-state index contributed by atoms with van der Waals surface area (Å²) in [7, 11) is -2.56. The highest BCUT2D eigenvalue weighted by Gasteiger charge is 2.19. The van der Waals surface area contributed by atoms with E-state index in [4.69, 9.17) is 4.74 Å². The third-order valence-electron chi connectivity index (χ3n) is 5.09. The Bertz CT molecular complexity index is 1150. The Hall–Kier alpha value is -2.30. The van der Waals surface area contributed by atoms with Gasteiger partial charge < -0.3 is 25.3 Å². The molecule has 0 fully saturated rings. The molecule has 0 unspecified atom stereocenters. The molecule has 31 heavy (non-hydrogen) atoms. The number of aryl methyl sites for hydroxylation is 2. The predicted molar refractivity (Wildman–Crippen MR) is 123 cm³/mol. The van der Waals surface area contributed by atoms with E-state index in [2.05, 4.69) is 21.9 Å². The van der Waals surface area contributed by atoms with Crippen LogP contribution in [0.5, 0.6) is 11.5 Å². The molecule has 1 heterocycles. The van der Waals surface area contributed by atoms with Crippen molar-refractivity contribution >= 4 is 33.3 Å². The number of sulfonamides is 1. The van der Waals surface area contributed by atoms with E-state index < -0.39 is 16.1 Å². The van der Waals surface area contributed by atoms with E-state index in [1.54, 1.807) is 0 Å². The first-order chi connectivity index (χ1) is 14.2. The highest BCUT2D eigenvalue weighted by molar-refractivity contribution is 7.89. The van der Waals surface area contributed by atoms with Gasteiger partial charge in [0.15, 0.2) is 0 Å². The van der Waals surface area contributed by atoms with Crippen LogP contribution in [-0.4, -0.2) is 50.4 Å². The van der Waals surface area contributed by atoms with Gasteiger partial charge in [-0.25, -0.2) is 13.1 Å². The minimum absolute atomic E-state index is 0. The van der Waals surface area contributed by atoms with Crippen molar-refractivity contribution in [2.75, 3.05) is 26.7 Å². The number of nitrogens with one attached hydrogen (secondary N) is 3. The van der Waals surface area contributed by atoms with Crippen molar-refractivity contribution in [2.24, 2.45) is 0 Å². The summed E-state index contributed by atoms with van der Waals surface area (Å²) in [5, 5.41) is 24.4. The van der Waals surface area contributed by atoms with Gasteiger partial charge in [0.1, 0.15) is 23.0 Å². The number of aromatic amines is 1. The third-order valence-corrected chi connectivity index (χ3v) is 6.54. The molecule has 1 atom stereocenters. The van der Waals surface area contributed by atoms with Crippen molar-refractivity contribution in [3.8, 4) is 11.5 Å². The number of hydrogen-bond donors (Lipinski definition) is 5. The Morgan fingerprint density at radius 3 is 2.61 bits per heavy atom. The summed E-state index contributed by atoms with van der Waals surface area (Å²) in [4.78, 5) is 3.06. The fourth-order valence-corrected chi connectivity index (χ4v) is 4.06. The summed E-state index contributed by atoms with van der Waals surface area (Å²) >= 11 is 0. The second-order valence-corrected chi connectivity index (χ2v) is 8.94. The molecule has 5 N–H and O–H groups in total. The van der Waals surface area contributed by atoms with E-state index in [1.165, 1.54) is 36.2 Å². The predicted octanol–water partition coefficient (Wildman–Crippen LogP) is 2.52. The normalized spacial score (nSPS) is 12.5. The average Bonchev–Trinajstić information content (AvgIpc) is 3.01. The zero-order chi connectivity index (χ0) is 21.9. The Kier molecular flexibility index (Phi) is 8.33. The lowest BCUT2D eigenvalue weighted by Gasteiger charge is -2.14. The second kappa shape index (κ2) is 10.3. The number of aromatic hydroxyl groups is 1. The van der Waals surface area contributed by atoms with Crippen molar-refractivity contribution in [1.29, 1.82) is 0 Å². The van der Waals surface area contributed by atoms with Crippen LogP contribution >= 0.6 is 12.4 Å². The van der Waals surface area contributed by atoms with Crippen LogP contribution in [0.3, 0.4) is 0 Å². The van der Waals surface area contributed by atoms with Gasteiger partial charge in [-0.1, -0.05) is 6.07 Å². The number of rotatable bonds is 9. The Labute approximate surface area is 188 Å². The lowest BCUT2D eigenvalue weighted by Crippen LogP contribution is -2.26. The molecule has 0 saturated heterocycles. The highest BCUT2D eigenvalue weighted by Crippen LogP contribution is 2.27. The third kappa shape index (κ3) is 5.69. The molecule has 0 bridgehead atoms. The van der Waals surface area contributed by atoms with Crippen LogP contribution in [0.2, 0.25) is 0 Å². The van der Waals surface area contributed by atoms with E-state index in [9.17, 15) is 18.6 Å². The van der Waals surface area contributed by atoms with Crippen molar-refractivity contribution in [2.45, 2.75) is 24.8 Å². The van der Waals surface area contributed by atoms with Crippen molar-refractivity contribution < 1.29 is 23.4 Å². The summed E-state index contributed by atoms with van der Waals surface area (Å²) in [5.41, 5.74) is 3.79. The molecule has 3 aromatic rings. The van der Waals surface area contributed by atoms with Crippen molar-refractivity contribution in [3.05, 3.63) is 53.2 Å². The van der Waals surface area contributed by atoms with E-state index in [-0.39, 0.29) is 29.6 Å². The monoisotopic (exact) mass is 469 g/mol. The van der Waals surface area contributed by atoms with Gasteiger partial charge in [0.2, 0.25) is 10.0 Å². The average molecular weight is 470 g/mol. The summed E-state index contributed by atoms with van der Waals surface area (Å²) in [5.74, 6) is 0.387. The molecule has 2 aromatic carbocycles. The quantitative estimate of drug-likeness (QED) is 0.307. The standard InChI is InChI=1S/C21H27N3O5S.ClH/c1-13-14(2)24-18-11-16(5-6-17(13)18)29-9-8-23-12-20(26)15-4-7-19(25)21(10-15)30(27,28)22-3;/h4-7,10-11,20,22-26H,8-9,12H2,1-3H3;1H/t20-;/m0./s1. The lowest BCUT2D eigenvalue weighted by atomic mass is 10.1. The summed E-state index contributed by atoms with van der Waals surface area (Å²) in [6.07, 6.45) is -0.933. The van der Waals surface area contributed by atoms with Crippen LogP contribution in [0.15, 0.2) is 41.3 Å². The first-order valence-corrected chi connectivity index (χ1v) is 11.1. The zero-order valence-electron chi connectivity index (χ0n) is 17.6. The number of ether oxygens (including phenoxy) is 1. The van der Waals surface area contributed by atoms with Gasteiger partial charge in [-0.3, -0.25) is 0 Å². The minimum atomic E-state index is -3.82. The molecule has 0 saturated carbocycles. The van der Waals surface area contributed by atoms with Gasteiger partial charge in [-0.2, -0.15) is 0 Å². The number of phenolic OH excluding ortho intramolecular Hbond substituents is 1. The smallest absolute Gasteiger partial charge is 0.243 e. The Morgan fingerprint density at radius 2 is 1.90 bits per heavy atom. The molecular formula is C21H28ClN3O5S. The van der Waals surface area contributed by atoms with Gasteiger partial charge in [0, 0.05) is 35.8 Å². The fraction of sp³-hybridized carbons (Fsp3) is 0.333. The SMILES string of the molecule is CNS(=O)(=O)c1cc([C@@H](O)CNCCOc2ccc3c(C)c(C)[nH]c3c2)ccc1O.Cl. The maximum absolute atomic E-state index is 11.9. The highest BCUT2D eigenvalue weighted by atomic mass is 35.5. The molecule has 0 aliphatic heterocycles. The molecule has 170 valence electrons. The minimum Gasteiger partial charge on any atom is -0.507 e. The molecule has 0 spiro atoms. The van der Waals surface area contributed by atoms with Crippen molar-refractivity contribution in [1.82, 2.24) is 15.0 Å². The molecule has 0 radical (unpaired) electrons. The molecule has 10 heteroatoms. The summed E-state index contributed by atoms with van der Waals surface area (Å²) in [6, 6.07) is 9.93. The number of aromatic nitrogens is 1. The first-order valence-electron chi connectivity index (χ1n) is 9.60. The van der Waals surface area contributed by atoms with Crippen LogP contribution in [-0.2, 0) is 10.0 Å². The first kappa shape index (κ1) is 25.0. The van der Waals surface area contributed by atoms with Crippen LogP contribution in [0.1, 0.15) is 22.9 Å². The number of aliphatic hydroxyl groups is 1. The number of hydrogen-bond acceptors (Lipinski definition) is 6. The van der Waals surface area contributed by atoms with Crippen LogP contribution in [0, 0.1) is 13.8 Å². The van der Waals surface area contributed by atoms with Gasteiger partial charge in [0.25, 0.3) is 0 Å². The number of benzene rings is 2. The Balaban J connectivity index is 0.00000341. The molecule has 3 rings (SSSR count). The van der Waals surface area contributed by atoms with Gasteiger partial charge in [-0.05, 0) is 56.3 Å². The lowest BCUT2D eigenvalue weighted by molar-refractivity contribution is 0.171. The molecule has 8 nitrogen and oxygen atoms in total. The van der Waals surface area contributed by atoms with E-state index in [0.29, 0.717) is 18.7 Å². The molecule has 1 aromatic heterocycles.